The zero-order valence-corrected chi connectivity index (χ0v) is 53.1. The SMILES string of the molecule is CCCCCCCC/C=C/CCCCCCCCCCCCCCCCCC(=O)NC(COP(=O)(O)OCC[N+](C)(C)C)C(/C=C\CCCCCCCCCCCC)OC(=O)CCCCCCCCCCCCCCCC. The van der Waals surface area contributed by atoms with Gasteiger partial charge in [0.15, 0.2) is 0 Å². The highest BCUT2D eigenvalue weighted by Crippen LogP contribution is 2.43. The van der Waals surface area contributed by atoms with E-state index in [0.717, 1.165) is 57.8 Å². The number of nitrogens with zero attached hydrogens (tertiary/aromatic N) is 1. The molecule has 0 saturated carbocycles. The molecule has 0 rings (SSSR count). The Bertz CT molecular complexity index is 1370. The van der Waals surface area contributed by atoms with Crippen LogP contribution in [0.15, 0.2) is 24.3 Å². The number of esters is 1. The molecule has 3 unspecified atom stereocenters. The smallest absolute Gasteiger partial charge is 0.456 e. The van der Waals surface area contributed by atoms with Crippen molar-refractivity contribution >= 4 is 19.7 Å². The van der Waals surface area contributed by atoms with Crippen LogP contribution in [-0.4, -0.2) is 74.3 Å². The Balaban J connectivity index is 5.02. The number of phosphoric ester groups is 1. The minimum Gasteiger partial charge on any atom is -0.456 e. The number of allylic oxidation sites excluding steroid dienone is 3. The fraction of sp³-hybridized carbons (Fsp3) is 0.910. The van der Waals surface area contributed by atoms with E-state index in [-0.39, 0.29) is 25.1 Å². The molecule has 0 heterocycles. The third kappa shape index (κ3) is 58.9. The number of carbonyl (C=O) groups is 2. The van der Waals surface area contributed by atoms with E-state index in [0.29, 0.717) is 23.9 Å². The second-order valence-electron chi connectivity index (χ2n) is 24.4. The van der Waals surface area contributed by atoms with Gasteiger partial charge in [-0.15, -0.1) is 0 Å². The maximum Gasteiger partial charge on any atom is 0.472 e. The number of quaternary nitrogens is 1. The third-order valence-electron chi connectivity index (χ3n) is 15.4. The average Bonchev–Trinajstić information content (AvgIpc) is 3.39. The number of likely N-dealkylation sites (N-methyl/N-ethyl adjacent to an activating group) is 1. The molecule has 0 aliphatic heterocycles. The van der Waals surface area contributed by atoms with Gasteiger partial charge in [0.1, 0.15) is 19.3 Å². The lowest BCUT2D eigenvalue weighted by atomic mass is 10.0. The summed E-state index contributed by atoms with van der Waals surface area (Å²) >= 11 is 0. The Morgan fingerprint density at radius 3 is 1.10 bits per heavy atom. The zero-order chi connectivity index (χ0) is 56.4. The summed E-state index contributed by atoms with van der Waals surface area (Å²) in [4.78, 5) is 37.8. The predicted octanol–water partition coefficient (Wildman–Crippen LogP) is 20.9. The first-order chi connectivity index (χ1) is 37.4. The molecule has 0 bridgehead atoms. The molecule has 456 valence electrons. The van der Waals surface area contributed by atoms with Crippen molar-refractivity contribution in [1.82, 2.24) is 5.32 Å². The normalized spacial score (nSPS) is 13.7. The number of hydrogen-bond acceptors (Lipinski definition) is 6. The van der Waals surface area contributed by atoms with Crippen LogP contribution < -0.4 is 5.32 Å². The predicted molar refractivity (Wildman–Crippen MR) is 333 cm³/mol. The Labute approximate surface area is 479 Å². The van der Waals surface area contributed by atoms with Crippen molar-refractivity contribution in [2.75, 3.05) is 40.9 Å². The van der Waals surface area contributed by atoms with E-state index in [4.69, 9.17) is 13.8 Å². The number of rotatable bonds is 62. The van der Waals surface area contributed by atoms with Crippen LogP contribution in [0.5, 0.6) is 0 Å². The van der Waals surface area contributed by atoms with E-state index < -0.39 is 20.0 Å². The highest BCUT2D eigenvalue weighted by atomic mass is 31.2. The number of unbranched alkanes of at least 4 members (excludes halogenated alkanes) is 44. The molecule has 0 radical (unpaired) electrons. The third-order valence-corrected chi connectivity index (χ3v) is 16.4. The lowest BCUT2D eigenvalue weighted by molar-refractivity contribution is -0.870. The van der Waals surface area contributed by atoms with Crippen molar-refractivity contribution in [2.45, 2.75) is 354 Å². The Hall–Kier alpha value is -1.51. The summed E-state index contributed by atoms with van der Waals surface area (Å²) in [7, 11) is 1.52. The molecule has 0 saturated heterocycles. The Morgan fingerprint density at radius 2 is 0.753 bits per heavy atom. The van der Waals surface area contributed by atoms with E-state index in [1.54, 1.807) is 0 Å². The van der Waals surface area contributed by atoms with Crippen LogP contribution in [0.3, 0.4) is 0 Å². The Kier molecular flexibility index (Phi) is 56.6. The summed E-state index contributed by atoms with van der Waals surface area (Å²) in [5, 5.41) is 3.07. The second-order valence-corrected chi connectivity index (χ2v) is 25.8. The molecule has 0 aromatic rings. The van der Waals surface area contributed by atoms with Gasteiger partial charge in [0.05, 0.1) is 33.8 Å². The molecule has 2 N–H and O–H groups in total. The van der Waals surface area contributed by atoms with Crippen molar-refractivity contribution in [1.29, 1.82) is 0 Å². The molecule has 1 amide bonds. The number of hydrogen-bond donors (Lipinski definition) is 2. The largest absolute Gasteiger partial charge is 0.472 e. The molecule has 0 aliphatic rings. The molecule has 3 atom stereocenters. The first-order valence-corrected chi connectivity index (χ1v) is 35.2. The number of carbonyl (C=O) groups excluding carboxylic acids is 2. The van der Waals surface area contributed by atoms with Gasteiger partial charge < -0.3 is 19.4 Å². The monoisotopic (exact) mass is 1110 g/mol. The molecule has 10 heteroatoms. The van der Waals surface area contributed by atoms with Crippen molar-refractivity contribution < 1.29 is 37.3 Å². The van der Waals surface area contributed by atoms with E-state index in [2.05, 4.69) is 38.2 Å². The molecule has 0 aliphatic carbocycles. The molecular weight excluding hydrogens is 976 g/mol. The Morgan fingerprint density at radius 1 is 0.442 bits per heavy atom. The van der Waals surface area contributed by atoms with Gasteiger partial charge in [0.25, 0.3) is 0 Å². The molecule has 0 fully saturated rings. The summed E-state index contributed by atoms with van der Waals surface area (Å²) in [6, 6.07) is -0.842. The minimum atomic E-state index is -4.44. The van der Waals surface area contributed by atoms with E-state index in [9.17, 15) is 19.0 Å². The van der Waals surface area contributed by atoms with Crippen molar-refractivity contribution in [3.63, 3.8) is 0 Å². The topological polar surface area (TPSA) is 111 Å². The molecule has 0 aromatic heterocycles. The molecule has 77 heavy (non-hydrogen) atoms. The maximum atomic E-state index is 13.6. The van der Waals surface area contributed by atoms with Gasteiger partial charge in [-0.3, -0.25) is 18.6 Å². The van der Waals surface area contributed by atoms with Crippen LogP contribution in [0.1, 0.15) is 342 Å². The average molecular weight is 1110 g/mol. The summed E-state index contributed by atoms with van der Waals surface area (Å²) in [5.74, 6) is -0.485. The highest BCUT2D eigenvalue weighted by Gasteiger charge is 2.30. The van der Waals surface area contributed by atoms with Crippen LogP contribution in [0.4, 0.5) is 0 Å². The quantitative estimate of drug-likeness (QED) is 0.0205. The van der Waals surface area contributed by atoms with Gasteiger partial charge in [-0.25, -0.2) is 4.57 Å². The number of nitrogens with one attached hydrogen (secondary N) is 1. The van der Waals surface area contributed by atoms with Crippen molar-refractivity contribution in [2.24, 2.45) is 0 Å². The summed E-state index contributed by atoms with van der Waals surface area (Å²) in [6.45, 7) is 7.06. The van der Waals surface area contributed by atoms with Crippen molar-refractivity contribution in [3.05, 3.63) is 24.3 Å². The van der Waals surface area contributed by atoms with Gasteiger partial charge in [0, 0.05) is 12.8 Å². The fourth-order valence-electron chi connectivity index (χ4n) is 10.2. The number of phosphoric acid groups is 1. The molecular formula is C67H132N2O7P+. The van der Waals surface area contributed by atoms with Gasteiger partial charge in [-0.05, 0) is 57.4 Å². The highest BCUT2D eigenvalue weighted by molar-refractivity contribution is 7.47. The van der Waals surface area contributed by atoms with Gasteiger partial charge in [-0.2, -0.15) is 0 Å². The molecule has 0 aromatic carbocycles. The molecule has 0 spiro atoms. The summed E-state index contributed by atoms with van der Waals surface area (Å²) in [6.07, 6.45) is 69.0. The molecule has 9 nitrogen and oxygen atoms in total. The van der Waals surface area contributed by atoms with Crippen LogP contribution in [-0.2, 0) is 27.9 Å². The lowest BCUT2D eigenvalue weighted by Crippen LogP contribution is -2.47. The minimum absolute atomic E-state index is 0.0445. The number of ether oxygens (including phenoxy) is 1. The van der Waals surface area contributed by atoms with Crippen molar-refractivity contribution in [3.8, 4) is 0 Å². The van der Waals surface area contributed by atoms with Crippen LogP contribution in [0.2, 0.25) is 0 Å². The lowest BCUT2D eigenvalue weighted by Gasteiger charge is -2.27. The van der Waals surface area contributed by atoms with Gasteiger partial charge in [0.2, 0.25) is 5.91 Å². The maximum absolute atomic E-state index is 13.6. The summed E-state index contributed by atoms with van der Waals surface area (Å²) < 4.78 is 30.8. The van der Waals surface area contributed by atoms with Gasteiger partial charge in [-0.1, -0.05) is 296 Å². The van der Waals surface area contributed by atoms with Crippen LogP contribution in [0.25, 0.3) is 0 Å². The number of amides is 1. The van der Waals surface area contributed by atoms with E-state index in [1.807, 2.05) is 33.3 Å². The first kappa shape index (κ1) is 75.5. The standard InChI is InChI=1S/C67H131N2O7P/c1-7-10-13-16-19-22-25-28-30-31-32-33-34-35-36-37-38-39-40-41-44-47-50-53-56-59-66(70)68-64(63-75-77(72,73)74-62-61-69(4,5)6)65(58-55-52-49-46-43-27-24-21-18-15-12-9-3)76-67(71)60-57-54-51-48-45-42-29-26-23-20-17-14-11-8-2/h28,30,55,58,64-65H,7-27,29,31-54,56-57,59-63H2,1-6H3,(H-,68,70,72,73)/p+1/b30-28+,58-55-. The first-order valence-electron chi connectivity index (χ1n) is 33.7. The van der Waals surface area contributed by atoms with Crippen LogP contribution in [0, 0.1) is 0 Å². The summed E-state index contributed by atoms with van der Waals surface area (Å²) in [5.41, 5.74) is 0. The second kappa shape index (κ2) is 57.7. The van der Waals surface area contributed by atoms with Crippen LogP contribution >= 0.6 is 7.82 Å². The van der Waals surface area contributed by atoms with Gasteiger partial charge >= 0.3 is 13.8 Å². The fourth-order valence-corrected chi connectivity index (χ4v) is 10.9. The van der Waals surface area contributed by atoms with E-state index in [1.165, 1.54) is 250 Å². The zero-order valence-electron chi connectivity index (χ0n) is 52.2. The van der Waals surface area contributed by atoms with E-state index >= 15 is 0 Å².